The molecule has 5 nitrogen and oxygen atoms in total. The number of benzene rings is 1. The van der Waals surface area contributed by atoms with Gasteiger partial charge in [0.1, 0.15) is 5.82 Å². The molecular weight excluding hydrogens is 274 g/mol. The van der Waals surface area contributed by atoms with E-state index in [2.05, 4.69) is 45.7 Å². The quantitative estimate of drug-likeness (QED) is 0.912. The Balaban J connectivity index is 1.48. The lowest BCUT2D eigenvalue weighted by atomic mass is 10.0. The SMILES string of the molecule is CN1CCc2cc(Cc3nc(C4CCCCN4)n[nH]3)ccc21. The van der Waals surface area contributed by atoms with Gasteiger partial charge in [-0.2, -0.15) is 5.10 Å². The summed E-state index contributed by atoms with van der Waals surface area (Å²) in [6.45, 7) is 2.20. The van der Waals surface area contributed by atoms with Crippen LogP contribution in [0, 0.1) is 0 Å². The minimum atomic E-state index is 0.326. The largest absolute Gasteiger partial charge is 0.374 e. The first-order valence-corrected chi connectivity index (χ1v) is 8.27. The highest BCUT2D eigenvalue weighted by atomic mass is 15.2. The van der Waals surface area contributed by atoms with Gasteiger partial charge in [0.2, 0.25) is 0 Å². The standard InChI is InChI=1S/C17H23N5/c1-22-9-7-13-10-12(5-6-15(13)22)11-16-19-17(21-20-16)14-4-2-3-8-18-14/h5-6,10,14,18H,2-4,7-9,11H2,1H3,(H,19,20,21). The van der Waals surface area contributed by atoms with Crippen molar-refractivity contribution >= 4 is 5.69 Å². The summed E-state index contributed by atoms with van der Waals surface area (Å²) in [5.41, 5.74) is 4.13. The number of fused-ring (bicyclic) bond motifs is 1. The fraction of sp³-hybridized carbons (Fsp3) is 0.529. The minimum absolute atomic E-state index is 0.326. The van der Waals surface area contributed by atoms with E-state index in [1.54, 1.807) is 0 Å². The van der Waals surface area contributed by atoms with Crippen LogP contribution in [-0.4, -0.2) is 35.3 Å². The summed E-state index contributed by atoms with van der Waals surface area (Å²) in [5, 5.41) is 11.0. The topological polar surface area (TPSA) is 56.8 Å². The zero-order chi connectivity index (χ0) is 14.9. The highest BCUT2D eigenvalue weighted by Gasteiger charge is 2.19. The van der Waals surface area contributed by atoms with Gasteiger partial charge in [-0.3, -0.25) is 5.10 Å². The van der Waals surface area contributed by atoms with Crippen LogP contribution in [0.15, 0.2) is 18.2 Å². The smallest absolute Gasteiger partial charge is 0.167 e. The number of piperidine rings is 1. The first-order valence-electron chi connectivity index (χ1n) is 8.27. The molecule has 0 bridgehead atoms. The molecule has 0 aliphatic carbocycles. The molecule has 0 radical (unpaired) electrons. The fourth-order valence-electron chi connectivity index (χ4n) is 3.54. The second-order valence-corrected chi connectivity index (χ2v) is 6.45. The van der Waals surface area contributed by atoms with E-state index in [1.165, 1.54) is 29.7 Å². The lowest BCUT2D eigenvalue weighted by Crippen LogP contribution is -2.27. The van der Waals surface area contributed by atoms with Gasteiger partial charge in [0, 0.05) is 25.7 Å². The molecule has 1 saturated heterocycles. The van der Waals surface area contributed by atoms with Crippen molar-refractivity contribution in [1.82, 2.24) is 20.5 Å². The molecule has 22 heavy (non-hydrogen) atoms. The summed E-state index contributed by atoms with van der Waals surface area (Å²) in [6, 6.07) is 7.09. The van der Waals surface area contributed by atoms with E-state index in [0.29, 0.717) is 6.04 Å². The van der Waals surface area contributed by atoms with E-state index >= 15 is 0 Å². The number of rotatable bonds is 3. The molecule has 2 aliphatic rings. The summed E-state index contributed by atoms with van der Waals surface area (Å²) in [4.78, 5) is 7.02. The maximum absolute atomic E-state index is 4.70. The average molecular weight is 297 g/mol. The predicted octanol–water partition coefficient (Wildman–Crippen LogP) is 2.20. The zero-order valence-corrected chi connectivity index (χ0v) is 13.1. The Labute approximate surface area is 131 Å². The van der Waals surface area contributed by atoms with Gasteiger partial charge in [-0.25, -0.2) is 4.98 Å². The molecule has 1 fully saturated rings. The van der Waals surface area contributed by atoms with Crippen molar-refractivity contribution < 1.29 is 0 Å². The molecule has 116 valence electrons. The number of aromatic nitrogens is 3. The van der Waals surface area contributed by atoms with Crippen molar-refractivity contribution in [1.29, 1.82) is 0 Å². The van der Waals surface area contributed by atoms with Crippen LogP contribution in [-0.2, 0) is 12.8 Å². The first-order chi connectivity index (χ1) is 10.8. The molecular formula is C17H23N5. The van der Waals surface area contributed by atoms with Crippen LogP contribution in [0.5, 0.6) is 0 Å². The summed E-state index contributed by atoms with van der Waals surface area (Å²) in [7, 11) is 2.16. The van der Waals surface area contributed by atoms with Crippen LogP contribution in [0.4, 0.5) is 5.69 Å². The molecule has 2 N–H and O–H groups in total. The molecule has 1 aromatic carbocycles. The van der Waals surface area contributed by atoms with E-state index in [1.807, 2.05) is 0 Å². The monoisotopic (exact) mass is 297 g/mol. The van der Waals surface area contributed by atoms with Crippen molar-refractivity contribution in [2.45, 2.75) is 38.1 Å². The molecule has 2 aliphatic heterocycles. The third kappa shape index (κ3) is 2.61. The average Bonchev–Trinajstić information content (AvgIpc) is 3.16. The molecule has 0 saturated carbocycles. The van der Waals surface area contributed by atoms with Crippen LogP contribution in [0.3, 0.4) is 0 Å². The van der Waals surface area contributed by atoms with Crippen molar-refractivity contribution in [3.05, 3.63) is 41.0 Å². The number of anilines is 1. The molecule has 1 atom stereocenters. The van der Waals surface area contributed by atoms with Gasteiger partial charge in [0.05, 0.1) is 6.04 Å². The lowest BCUT2D eigenvalue weighted by Gasteiger charge is -2.20. The van der Waals surface area contributed by atoms with Crippen LogP contribution in [0.2, 0.25) is 0 Å². The third-order valence-electron chi connectivity index (χ3n) is 4.81. The maximum Gasteiger partial charge on any atom is 0.167 e. The van der Waals surface area contributed by atoms with Crippen LogP contribution in [0.1, 0.15) is 48.1 Å². The predicted molar refractivity (Wildman–Crippen MR) is 87.2 cm³/mol. The Bertz CT molecular complexity index is 657. The third-order valence-corrected chi connectivity index (χ3v) is 4.81. The fourth-order valence-corrected chi connectivity index (χ4v) is 3.54. The van der Waals surface area contributed by atoms with Crippen LogP contribution < -0.4 is 10.2 Å². The second-order valence-electron chi connectivity index (χ2n) is 6.45. The summed E-state index contributed by atoms with van der Waals surface area (Å²) < 4.78 is 0. The van der Waals surface area contributed by atoms with Crippen molar-refractivity contribution in [3.63, 3.8) is 0 Å². The Hall–Kier alpha value is -1.88. The Kier molecular flexibility index (Phi) is 3.58. The second kappa shape index (κ2) is 5.72. The van der Waals surface area contributed by atoms with Crippen LogP contribution in [0.25, 0.3) is 0 Å². The van der Waals surface area contributed by atoms with Crippen molar-refractivity contribution in [2.24, 2.45) is 0 Å². The van der Waals surface area contributed by atoms with Gasteiger partial charge < -0.3 is 10.2 Å². The maximum atomic E-state index is 4.70. The van der Waals surface area contributed by atoms with E-state index < -0.39 is 0 Å². The summed E-state index contributed by atoms with van der Waals surface area (Å²) in [5.74, 6) is 1.89. The van der Waals surface area contributed by atoms with Crippen LogP contribution >= 0.6 is 0 Å². The van der Waals surface area contributed by atoms with Crippen molar-refractivity contribution in [3.8, 4) is 0 Å². The van der Waals surface area contributed by atoms with Gasteiger partial charge >= 0.3 is 0 Å². The van der Waals surface area contributed by atoms with Gasteiger partial charge in [0.15, 0.2) is 5.82 Å². The summed E-state index contributed by atoms with van der Waals surface area (Å²) in [6.07, 6.45) is 5.64. The van der Waals surface area contributed by atoms with Gasteiger partial charge in [-0.05, 0) is 43.0 Å². The molecule has 4 rings (SSSR count). The number of aromatic amines is 1. The lowest BCUT2D eigenvalue weighted by molar-refractivity contribution is 0.398. The van der Waals surface area contributed by atoms with E-state index in [9.17, 15) is 0 Å². The molecule has 0 spiro atoms. The summed E-state index contributed by atoms with van der Waals surface area (Å²) >= 11 is 0. The first kappa shape index (κ1) is 13.8. The molecule has 2 aromatic rings. The number of hydrogen-bond acceptors (Lipinski definition) is 4. The molecule has 3 heterocycles. The Morgan fingerprint density at radius 2 is 2.27 bits per heavy atom. The number of H-pyrrole nitrogens is 1. The zero-order valence-electron chi connectivity index (χ0n) is 13.1. The Morgan fingerprint density at radius 3 is 3.14 bits per heavy atom. The molecule has 1 unspecified atom stereocenters. The Morgan fingerprint density at radius 1 is 1.32 bits per heavy atom. The highest BCUT2D eigenvalue weighted by Crippen LogP contribution is 2.28. The van der Waals surface area contributed by atoms with Crippen molar-refractivity contribution in [2.75, 3.05) is 25.0 Å². The number of nitrogens with zero attached hydrogens (tertiary/aromatic N) is 3. The molecule has 5 heteroatoms. The minimum Gasteiger partial charge on any atom is -0.374 e. The number of likely N-dealkylation sites (N-methyl/N-ethyl adjacent to an activating group) is 1. The van der Waals surface area contributed by atoms with Gasteiger partial charge in [-0.15, -0.1) is 0 Å². The number of nitrogens with one attached hydrogen (secondary N) is 2. The normalized spacial score (nSPS) is 21.1. The highest BCUT2D eigenvalue weighted by molar-refractivity contribution is 5.58. The van der Waals surface area contributed by atoms with E-state index in [4.69, 9.17) is 4.98 Å². The number of hydrogen-bond donors (Lipinski definition) is 2. The van der Waals surface area contributed by atoms with E-state index in [0.717, 1.165) is 44.0 Å². The molecule has 0 amide bonds. The van der Waals surface area contributed by atoms with Gasteiger partial charge in [-0.1, -0.05) is 18.6 Å². The van der Waals surface area contributed by atoms with E-state index in [-0.39, 0.29) is 0 Å². The molecule has 1 aromatic heterocycles. The van der Waals surface area contributed by atoms with Gasteiger partial charge in [0.25, 0.3) is 0 Å².